The van der Waals surface area contributed by atoms with Gasteiger partial charge in [-0.15, -0.1) is 5.10 Å². The molecule has 3 aliphatic rings. The molecule has 2 aliphatic carbocycles. The minimum atomic E-state index is -0.814. The molecule has 1 aromatic carbocycles. The highest BCUT2D eigenvalue weighted by atomic mass is 19.1. The molecular weight excluding hydrogens is 516 g/mol. The summed E-state index contributed by atoms with van der Waals surface area (Å²) in [6.45, 7) is 1.35. The molecule has 2 saturated carbocycles. The molecule has 0 bridgehead atoms. The van der Waals surface area contributed by atoms with Crippen LogP contribution in [0.15, 0.2) is 48.8 Å². The van der Waals surface area contributed by atoms with Crippen LogP contribution in [0.3, 0.4) is 0 Å². The summed E-state index contributed by atoms with van der Waals surface area (Å²) in [5.74, 6) is -2.56. The fourth-order valence-corrected chi connectivity index (χ4v) is 6.13. The van der Waals surface area contributed by atoms with E-state index in [2.05, 4.69) is 30.8 Å². The molecule has 2 unspecified atom stereocenters. The largest absolute Gasteiger partial charge is 0.347 e. The molecule has 210 valence electrons. The Morgan fingerprint density at radius 3 is 2.58 bits per heavy atom. The second-order valence-electron chi connectivity index (χ2n) is 11.2. The van der Waals surface area contributed by atoms with Crippen LogP contribution < -0.4 is 10.6 Å². The fourth-order valence-electron chi connectivity index (χ4n) is 6.13. The zero-order valence-electron chi connectivity index (χ0n) is 22.2. The SMILES string of the molecule is O=C(NC1CCN(C2CCCCC2)CC1C(=O)NC1(c2ccccn2)CC1)c1cn(-c2ccc(F)cc2F)nn1. The van der Waals surface area contributed by atoms with E-state index >= 15 is 0 Å². The van der Waals surface area contributed by atoms with Gasteiger partial charge in [0.2, 0.25) is 5.91 Å². The van der Waals surface area contributed by atoms with Crippen LogP contribution in [0.5, 0.6) is 0 Å². The number of likely N-dealkylation sites (tertiary alicyclic amines) is 1. The fraction of sp³-hybridized carbons (Fsp3) is 0.483. The van der Waals surface area contributed by atoms with Gasteiger partial charge in [0.05, 0.1) is 23.3 Å². The Morgan fingerprint density at radius 2 is 1.85 bits per heavy atom. The molecule has 11 heteroatoms. The summed E-state index contributed by atoms with van der Waals surface area (Å²) < 4.78 is 28.6. The molecule has 1 saturated heterocycles. The molecule has 2 atom stereocenters. The zero-order valence-corrected chi connectivity index (χ0v) is 22.2. The van der Waals surface area contributed by atoms with Crippen LogP contribution in [-0.2, 0) is 10.3 Å². The highest BCUT2D eigenvalue weighted by molar-refractivity contribution is 5.93. The number of nitrogens with zero attached hydrogens (tertiary/aromatic N) is 5. The number of halogens is 2. The van der Waals surface area contributed by atoms with Gasteiger partial charge in [-0.3, -0.25) is 19.5 Å². The van der Waals surface area contributed by atoms with Crippen molar-refractivity contribution in [1.82, 2.24) is 35.5 Å². The minimum absolute atomic E-state index is 0.00950. The van der Waals surface area contributed by atoms with Crippen molar-refractivity contribution in [3.63, 3.8) is 0 Å². The van der Waals surface area contributed by atoms with Crippen molar-refractivity contribution in [2.75, 3.05) is 13.1 Å². The number of pyridine rings is 1. The predicted octanol–water partition coefficient (Wildman–Crippen LogP) is 3.50. The van der Waals surface area contributed by atoms with Crippen LogP contribution in [-0.4, -0.2) is 61.9 Å². The van der Waals surface area contributed by atoms with Crippen LogP contribution in [0.2, 0.25) is 0 Å². The average Bonchev–Trinajstić information content (AvgIpc) is 3.59. The summed E-state index contributed by atoms with van der Waals surface area (Å²) in [6, 6.07) is 8.87. The third kappa shape index (κ3) is 5.47. The lowest BCUT2D eigenvalue weighted by Gasteiger charge is -2.43. The van der Waals surface area contributed by atoms with Crippen LogP contribution in [0.1, 0.15) is 67.5 Å². The molecule has 40 heavy (non-hydrogen) atoms. The molecule has 1 aliphatic heterocycles. The summed E-state index contributed by atoms with van der Waals surface area (Å²) >= 11 is 0. The molecule has 2 amide bonds. The highest BCUT2D eigenvalue weighted by Gasteiger charge is 2.49. The van der Waals surface area contributed by atoms with Crippen molar-refractivity contribution in [3.05, 3.63) is 71.8 Å². The van der Waals surface area contributed by atoms with E-state index in [1.165, 1.54) is 31.5 Å². The summed E-state index contributed by atoms with van der Waals surface area (Å²) in [7, 11) is 0. The van der Waals surface area contributed by atoms with E-state index in [4.69, 9.17) is 0 Å². The zero-order chi connectivity index (χ0) is 27.7. The number of hydrogen-bond donors (Lipinski definition) is 2. The second-order valence-corrected chi connectivity index (χ2v) is 11.2. The van der Waals surface area contributed by atoms with E-state index in [9.17, 15) is 18.4 Å². The predicted molar refractivity (Wildman–Crippen MR) is 142 cm³/mol. The smallest absolute Gasteiger partial charge is 0.273 e. The molecule has 2 aromatic heterocycles. The number of piperidine rings is 1. The molecule has 6 rings (SSSR count). The summed E-state index contributed by atoms with van der Waals surface area (Å²) in [6.07, 6.45) is 11.2. The number of benzene rings is 1. The Hall–Kier alpha value is -3.73. The average molecular weight is 550 g/mol. The number of amides is 2. The number of hydrogen-bond acceptors (Lipinski definition) is 6. The molecular formula is C29H33F2N7O2. The third-order valence-corrected chi connectivity index (χ3v) is 8.54. The molecule has 3 fully saturated rings. The van der Waals surface area contributed by atoms with Crippen LogP contribution in [0.4, 0.5) is 8.78 Å². The Bertz CT molecular complexity index is 1370. The standard InChI is InChI=1S/C29H33F2N7O2/c30-19-9-10-25(22(31)16-19)38-18-24(35-36-38)28(40)33-23-11-15-37(20-6-2-1-3-7-20)17-21(23)27(39)34-29(12-13-29)26-8-4-5-14-32-26/h4-5,8-10,14,16,18,20-21,23H,1-3,6-7,11-13,15,17H2,(H,33,40)(H,34,39). The summed E-state index contributed by atoms with van der Waals surface area (Å²) in [5.41, 5.74) is 0.371. The van der Waals surface area contributed by atoms with E-state index in [1.807, 2.05) is 18.2 Å². The quantitative estimate of drug-likeness (QED) is 0.468. The Labute approximate surface area is 231 Å². The van der Waals surface area contributed by atoms with E-state index in [-0.39, 0.29) is 17.3 Å². The maximum atomic E-state index is 14.2. The van der Waals surface area contributed by atoms with Crippen LogP contribution in [0.25, 0.3) is 5.69 Å². The van der Waals surface area contributed by atoms with Gasteiger partial charge in [-0.05, 0) is 56.4 Å². The first-order valence-electron chi connectivity index (χ1n) is 14.1. The van der Waals surface area contributed by atoms with E-state index in [1.54, 1.807) is 6.20 Å². The van der Waals surface area contributed by atoms with Gasteiger partial charge in [0.25, 0.3) is 5.91 Å². The Kier molecular flexibility index (Phi) is 7.31. The Morgan fingerprint density at radius 1 is 1.02 bits per heavy atom. The van der Waals surface area contributed by atoms with Crippen LogP contribution >= 0.6 is 0 Å². The monoisotopic (exact) mass is 549 g/mol. The summed E-state index contributed by atoms with van der Waals surface area (Å²) in [4.78, 5) is 33.9. The lowest BCUT2D eigenvalue weighted by atomic mass is 9.86. The normalized spacial score (nSPS) is 22.9. The molecule has 0 spiro atoms. The maximum Gasteiger partial charge on any atom is 0.273 e. The van der Waals surface area contributed by atoms with Crippen molar-refractivity contribution in [2.45, 2.75) is 69.0 Å². The number of rotatable bonds is 7. The Balaban J connectivity index is 1.19. The number of carbonyl (C=O) groups is 2. The first kappa shape index (κ1) is 26.5. The van der Waals surface area contributed by atoms with Gasteiger partial charge in [-0.25, -0.2) is 13.5 Å². The first-order chi connectivity index (χ1) is 19.4. The molecule has 2 N–H and O–H groups in total. The van der Waals surface area contributed by atoms with Crippen molar-refractivity contribution in [2.24, 2.45) is 5.92 Å². The van der Waals surface area contributed by atoms with Gasteiger partial charge in [-0.1, -0.05) is 30.5 Å². The molecule has 0 radical (unpaired) electrons. The number of nitrogens with one attached hydrogen (secondary N) is 2. The number of carbonyl (C=O) groups excluding carboxylic acids is 2. The first-order valence-corrected chi connectivity index (χ1v) is 14.1. The van der Waals surface area contributed by atoms with E-state index in [0.29, 0.717) is 19.0 Å². The minimum Gasteiger partial charge on any atom is -0.347 e. The highest BCUT2D eigenvalue weighted by Crippen LogP contribution is 2.45. The number of aromatic nitrogens is 4. The van der Waals surface area contributed by atoms with Crippen molar-refractivity contribution >= 4 is 11.8 Å². The van der Waals surface area contributed by atoms with Crippen molar-refractivity contribution in [1.29, 1.82) is 0 Å². The maximum absolute atomic E-state index is 14.2. The molecule has 3 aromatic rings. The van der Waals surface area contributed by atoms with Gasteiger partial charge in [-0.2, -0.15) is 0 Å². The van der Waals surface area contributed by atoms with Gasteiger partial charge < -0.3 is 10.6 Å². The lowest BCUT2D eigenvalue weighted by Crippen LogP contribution is -2.58. The third-order valence-electron chi connectivity index (χ3n) is 8.54. The van der Waals surface area contributed by atoms with E-state index in [0.717, 1.165) is 54.7 Å². The molecule has 9 nitrogen and oxygen atoms in total. The van der Waals surface area contributed by atoms with Gasteiger partial charge >= 0.3 is 0 Å². The van der Waals surface area contributed by atoms with E-state index < -0.39 is 35.0 Å². The van der Waals surface area contributed by atoms with Gasteiger partial charge in [0.15, 0.2) is 11.5 Å². The second kappa shape index (κ2) is 11.0. The van der Waals surface area contributed by atoms with Crippen molar-refractivity contribution in [3.8, 4) is 5.69 Å². The van der Waals surface area contributed by atoms with Crippen molar-refractivity contribution < 1.29 is 18.4 Å². The molecule has 3 heterocycles. The van der Waals surface area contributed by atoms with Gasteiger partial charge in [0, 0.05) is 37.4 Å². The van der Waals surface area contributed by atoms with Crippen LogP contribution in [0, 0.1) is 17.6 Å². The van der Waals surface area contributed by atoms with Gasteiger partial charge in [0.1, 0.15) is 11.5 Å². The topological polar surface area (TPSA) is 105 Å². The summed E-state index contributed by atoms with van der Waals surface area (Å²) in [5, 5.41) is 14.1. The lowest BCUT2D eigenvalue weighted by molar-refractivity contribution is -0.129.